The highest BCUT2D eigenvalue weighted by Gasteiger charge is 2.13. The van der Waals surface area contributed by atoms with E-state index < -0.39 is 0 Å². The molecule has 0 unspecified atom stereocenters. The molecule has 0 saturated carbocycles. The Balaban J connectivity index is 1.79. The molecule has 0 aliphatic rings. The van der Waals surface area contributed by atoms with Gasteiger partial charge < -0.3 is 24.7 Å². The van der Waals surface area contributed by atoms with Crippen molar-refractivity contribution in [3.63, 3.8) is 0 Å². The Kier molecular flexibility index (Phi) is 6.26. The molecule has 142 valence electrons. The number of nitrogens with one attached hydrogen (secondary N) is 2. The zero-order valence-electron chi connectivity index (χ0n) is 15.2. The van der Waals surface area contributed by atoms with E-state index in [1.54, 1.807) is 11.2 Å². The molecular formula is C20H23N3O3S. The number of benzene rings is 1. The summed E-state index contributed by atoms with van der Waals surface area (Å²) in [5.41, 5.74) is 2.48. The van der Waals surface area contributed by atoms with Gasteiger partial charge in [0.1, 0.15) is 5.76 Å². The first-order chi connectivity index (χ1) is 13.1. The number of aliphatic hydroxyl groups excluding tert-OH is 1. The molecule has 0 atom stereocenters. The lowest BCUT2D eigenvalue weighted by Gasteiger charge is -2.24. The predicted molar refractivity (Wildman–Crippen MR) is 110 cm³/mol. The number of nitrogens with zero attached hydrogens (tertiary/aromatic N) is 1. The fraction of sp³-hybridized carbons (Fsp3) is 0.300. The van der Waals surface area contributed by atoms with Crippen LogP contribution in [-0.2, 0) is 19.5 Å². The largest absolute Gasteiger partial charge is 0.467 e. The Labute approximate surface area is 162 Å². The summed E-state index contributed by atoms with van der Waals surface area (Å²) in [5, 5.41) is 13.9. The van der Waals surface area contributed by atoms with Crippen LogP contribution in [-0.4, -0.2) is 33.3 Å². The highest BCUT2D eigenvalue weighted by molar-refractivity contribution is 7.80. The van der Waals surface area contributed by atoms with Gasteiger partial charge in [-0.3, -0.25) is 4.79 Å². The van der Waals surface area contributed by atoms with Gasteiger partial charge in [0.05, 0.1) is 26.0 Å². The van der Waals surface area contributed by atoms with Crippen molar-refractivity contribution in [2.75, 3.05) is 13.2 Å². The summed E-state index contributed by atoms with van der Waals surface area (Å²) in [6.07, 6.45) is 2.53. The number of aromatic amines is 1. The van der Waals surface area contributed by atoms with Crippen LogP contribution < -0.4 is 10.9 Å². The van der Waals surface area contributed by atoms with Crippen molar-refractivity contribution in [1.82, 2.24) is 15.2 Å². The lowest BCUT2D eigenvalue weighted by Crippen LogP contribution is -2.41. The van der Waals surface area contributed by atoms with Gasteiger partial charge in [0.25, 0.3) is 5.56 Å². The van der Waals surface area contributed by atoms with Gasteiger partial charge in [-0.15, -0.1) is 0 Å². The molecule has 0 spiro atoms. The SMILES string of the molecule is CCc1ccc2[nH]c(=O)c(CN(CCO)C(=S)NCc3ccco3)cc2c1. The van der Waals surface area contributed by atoms with E-state index in [1.807, 2.05) is 30.3 Å². The van der Waals surface area contributed by atoms with Gasteiger partial charge >= 0.3 is 0 Å². The molecule has 0 radical (unpaired) electrons. The second kappa shape index (κ2) is 8.83. The van der Waals surface area contributed by atoms with E-state index in [-0.39, 0.29) is 12.2 Å². The number of pyridine rings is 1. The van der Waals surface area contributed by atoms with Crippen LogP contribution in [0.3, 0.4) is 0 Å². The fourth-order valence-electron chi connectivity index (χ4n) is 2.91. The summed E-state index contributed by atoms with van der Waals surface area (Å²) < 4.78 is 5.29. The number of aromatic nitrogens is 1. The van der Waals surface area contributed by atoms with Crippen LogP contribution >= 0.6 is 12.2 Å². The summed E-state index contributed by atoms with van der Waals surface area (Å²) in [6, 6.07) is 11.6. The zero-order valence-corrected chi connectivity index (χ0v) is 16.0. The Hall–Kier alpha value is -2.64. The van der Waals surface area contributed by atoms with E-state index in [0.29, 0.717) is 30.3 Å². The molecule has 27 heavy (non-hydrogen) atoms. The Morgan fingerprint density at radius 3 is 2.89 bits per heavy atom. The summed E-state index contributed by atoms with van der Waals surface area (Å²) >= 11 is 5.44. The van der Waals surface area contributed by atoms with Crippen molar-refractivity contribution in [1.29, 1.82) is 0 Å². The molecule has 6 nitrogen and oxygen atoms in total. The molecule has 0 fully saturated rings. The third kappa shape index (κ3) is 4.75. The van der Waals surface area contributed by atoms with E-state index >= 15 is 0 Å². The quantitative estimate of drug-likeness (QED) is 0.543. The van der Waals surface area contributed by atoms with E-state index in [2.05, 4.69) is 23.3 Å². The molecule has 7 heteroatoms. The monoisotopic (exact) mass is 385 g/mol. The maximum Gasteiger partial charge on any atom is 0.253 e. The van der Waals surface area contributed by atoms with E-state index in [0.717, 1.165) is 23.1 Å². The van der Waals surface area contributed by atoms with Crippen molar-refractivity contribution in [2.24, 2.45) is 0 Å². The third-order valence-corrected chi connectivity index (χ3v) is 4.81. The van der Waals surface area contributed by atoms with Gasteiger partial charge in [-0.2, -0.15) is 0 Å². The van der Waals surface area contributed by atoms with Crippen LogP contribution in [0.25, 0.3) is 10.9 Å². The van der Waals surface area contributed by atoms with Crippen LogP contribution in [0.2, 0.25) is 0 Å². The Morgan fingerprint density at radius 2 is 2.19 bits per heavy atom. The van der Waals surface area contributed by atoms with Crippen molar-refractivity contribution in [3.05, 3.63) is 69.9 Å². The maximum atomic E-state index is 12.5. The van der Waals surface area contributed by atoms with Crippen LogP contribution in [0.1, 0.15) is 23.8 Å². The number of aryl methyl sites for hydroxylation is 1. The summed E-state index contributed by atoms with van der Waals surface area (Å²) in [7, 11) is 0. The number of hydrogen-bond donors (Lipinski definition) is 3. The van der Waals surface area contributed by atoms with Crippen molar-refractivity contribution in [2.45, 2.75) is 26.4 Å². The van der Waals surface area contributed by atoms with Crippen LogP contribution in [0.15, 0.2) is 51.9 Å². The van der Waals surface area contributed by atoms with Crippen molar-refractivity contribution in [3.8, 4) is 0 Å². The maximum absolute atomic E-state index is 12.5. The molecular weight excluding hydrogens is 362 g/mol. The third-order valence-electron chi connectivity index (χ3n) is 4.41. The van der Waals surface area contributed by atoms with Crippen LogP contribution in [0, 0.1) is 0 Å². The number of H-pyrrole nitrogens is 1. The average molecular weight is 385 g/mol. The van der Waals surface area contributed by atoms with Gasteiger partial charge in [-0.25, -0.2) is 0 Å². The number of fused-ring (bicyclic) bond motifs is 1. The predicted octanol–water partition coefficient (Wildman–Crippen LogP) is 2.55. The minimum atomic E-state index is -0.150. The fourth-order valence-corrected chi connectivity index (χ4v) is 3.13. The van der Waals surface area contributed by atoms with Gasteiger partial charge in [0, 0.05) is 17.6 Å². The minimum absolute atomic E-state index is 0.0615. The Morgan fingerprint density at radius 1 is 1.33 bits per heavy atom. The molecule has 3 aromatic rings. The topological polar surface area (TPSA) is 81.5 Å². The van der Waals surface area contributed by atoms with Gasteiger partial charge in [0.15, 0.2) is 5.11 Å². The molecule has 0 saturated heterocycles. The summed E-state index contributed by atoms with van der Waals surface area (Å²) in [6.45, 7) is 3.12. The first kappa shape index (κ1) is 19.1. The highest BCUT2D eigenvalue weighted by atomic mass is 32.1. The second-order valence-corrected chi connectivity index (χ2v) is 6.67. The molecule has 2 heterocycles. The molecule has 0 amide bonds. The van der Waals surface area contributed by atoms with E-state index in [1.165, 1.54) is 5.56 Å². The molecule has 0 bridgehead atoms. The summed E-state index contributed by atoms with van der Waals surface area (Å²) in [5.74, 6) is 0.761. The molecule has 0 aliphatic carbocycles. The Bertz CT molecular complexity index is 966. The standard InChI is InChI=1S/C20H23N3O3S/c1-2-14-5-6-18-15(10-14)11-16(19(25)22-18)13-23(7-8-24)20(27)21-12-17-4-3-9-26-17/h3-6,9-11,24H,2,7-8,12-13H2,1H3,(H,21,27)(H,22,25). The van der Waals surface area contributed by atoms with E-state index in [9.17, 15) is 9.90 Å². The van der Waals surface area contributed by atoms with E-state index in [4.69, 9.17) is 16.6 Å². The lowest BCUT2D eigenvalue weighted by molar-refractivity contribution is 0.245. The second-order valence-electron chi connectivity index (χ2n) is 6.28. The first-order valence-electron chi connectivity index (χ1n) is 8.91. The van der Waals surface area contributed by atoms with Crippen molar-refractivity contribution >= 4 is 28.2 Å². The zero-order chi connectivity index (χ0) is 19.2. The van der Waals surface area contributed by atoms with Crippen LogP contribution in [0.5, 0.6) is 0 Å². The van der Waals surface area contributed by atoms with Crippen molar-refractivity contribution < 1.29 is 9.52 Å². The number of aliphatic hydroxyl groups is 1. The molecule has 0 aliphatic heterocycles. The number of furan rings is 1. The van der Waals surface area contributed by atoms with Gasteiger partial charge in [-0.05, 0) is 59.9 Å². The van der Waals surface area contributed by atoms with Crippen LogP contribution in [0.4, 0.5) is 0 Å². The molecule has 1 aromatic carbocycles. The molecule has 3 rings (SSSR count). The lowest BCUT2D eigenvalue weighted by atomic mass is 10.1. The molecule has 2 aromatic heterocycles. The number of rotatable bonds is 7. The number of thiocarbonyl (C=S) groups is 1. The minimum Gasteiger partial charge on any atom is -0.467 e. The first-order valence-corrected chi connectivity index (χ1v) is 9.32. The number of hydrogen-bond acceptors (Lipinski definition) is 4. The average Bonchev–Trinajstić information content (AvgIpc) is 3.19. The van der Waals surface area contributed by atoms with Gasteiger partial charge in [0.2, 0.25) is 0 Å². The highest BCUT2D eigenvalue weighted by Crippen LogP contribution is 2.15. The smallest absolute Gasteiger partial charge is 0.253 e. The van der Waals surface area contributed by atoms with Gasteiger partial charge in [-0.1, -0.05) is 13.0 Å². The molecule has 3 N–H and O–H groups in total. The normalized spacial score (nSPS) is 10.9. The summed E-state index contributed by atoms with van der Waals surface area (Å²) in [4.78, 5) is 17.2.